The Kier molecular flexibility index (Phi) is 5.23. The van der Waals surface area contributed by atoms with Crippen molar-refractivity contribution in [1.82, 2.24) is 9.78 Å². The van der Waals surface area contributed by atoms with Crippen LogP contribution in [0.4, 0.5) is 0 Å². The van der Waals surface area contributed by atoms with Gasteiger partial charge < -0.3 is 15.2 Å². The molecule has 1 saturated heterocycles. The van der Waals surface area contributed by atoms with E-state index in [0.717, 1.165) is 10.2 Å². The summed E-state index contributed by atoms with van der Waals surface area (Å²) in [6, 6.07) is -0.0984. The third-order valence-electron chi connectivity index (χ3n) is 4.39. The highest BCUT2D eigenvalue weighted by Gasteiger charge is 2.42. The summed E-state index contributed by atoms with van der Waals surface area (Å²) in [5.41, 5.74) is 7.58. The maximum Gasteiger partial charge on any atom is 0.0698 e. The van der Waals surface area contributed by atoms with Crippen molar-refractivity contribution < 1.29 is 9.47 Å². The van der Waals surface area contributed by atoms with E-state index in [4.69, 9.17) is 15.2 Å². The van der Waals surface area contributed by atoms with E-state index >= 15 is 0 Å². The van der Waals surface area contributed by atoms with Crippen LogP contribution in [-0.2, 0) is 16.0 Å². The maximum absolute atomic E-state index is 6.55. The molecule has 0 aromatic carbocycles. The Balaban J connectivity index is 2.24. The fourth-order valence-corrected chi connectivity index (χ4v) is 3.71. The summed E-state index contributed by atoms with van der Waals surface area (Å²) in [5.74, 6) is 0.719. The van der Waals surface area contributed by atoms with Crippen LogP contribution in [0.5, 0.6) is 0 Å². The zero-order valence-corrected chi connectivity index (χ0v) is 14.1. The smallest absolute Gasteiger partial charge is 0.0698 e. The third kappa shape index (κ3) is 2.93. The quantitative estimate of drug-likeness (QED) is 0.889. The van der Waals surface area contributed by atoms with Gasteiger partial charge in [0.25, 0.3) is 0 Å². The van der Waals surface area contributed by atoms with Crippen LogP contribution in [0.2, 0.25) is 0 Å². The molecule has 2 heterocycles. The van der Waals surface area contributed by atoms with Gasteiger partial charge in [-0.1, -0.05) is 6.92 Å². The monoisotopic (exact) mass is 345 g/mol. The standard InChI is InChI=1S/C14H24BrN3O2/c1-8-9(2)20-10(3)12(8)13(16)14-11(15)7-17-18(14)5-6-19-4/h7-10,12-13H,5-6,16H2,1-4H3. The van der Waals surface area contributed by atoms with Crippen LogP contribution in [-0.4, -0.2) is 35.7 Å². The number of hydrogen-bond acceptors (Lipinski definition) is 4. The summed E-state index contributed by atoms with van der Waals surface area (Å²) in [7, 11) is 1.69. The van der Waals surface area contributed by atoms with Gasteiger partial charge in [-0.05, 0) is 35.7 Å². The Morgan fingerprint density at radius 3 is 2.70 bits per heavy atom. The molecule has 0 saturated carbocycles. The van der Waals surface area contributed by atoms with Crippen molar-refractivity contribution in [3.8, 4) is 0 Å². The van der Waals surface area contributed by atoms with Crippen LogP contribution in [0.25, 0.3) is 0 Å². The Bertz CT molecular complexity index is 452. The fraction of sp³-hybridized carbons (Fsp3) is 0.786. The SMILES string of the molecule is COCCn1ncc(Br)c1C(N)C1C(C)OC(C)C1C. The van der Waals surface area contributed by atoms with Gasteiger partial charge in [-0.15, -0.1) is 0 Å². The second-order valence-electron chi connectivity index (χ2n) is 5.60. The normalized spacial score (nSPS) is 31.7. The van der Waals surface area contributed by atoms with E-state index in [2.05, 4.69) is 41.8 Å². The summed E-state index contributed by atoms with van der Waals surface area (Å²) in [4.78, 5) is 0. The predicted octanol–water partition coefficient (Wildman–Crippen LogP) is 2.35. The van der Waals surface area contributed by atoms with Crippen LogP contribution >= 0.6 is 15.9 Å². The predicted molar refractivity (Wildman–Crippen MR) is 81.4 cm³/mol. The average Bonchev–Trinajstić information content (AvgIpc) is 2.88. The van der Waals surface area contributed by atoms with Crippen LogP contribution in [0, 0.1) is 11.8 Å². The molecular formula is C14H24BrN3O2. The fourth-order valence-electron chi connectivity index (χ4n) is 3.15. The number of ether oxygens (including phenoxy) is 2. The first kappa shape index (κ1) is 15.9. The lowest BCUT2D eigenvalue weighted by molar-refractivity contribution is 0.0486. The molecule has 1 aliphatic heterocycles. The van der Waals surface area contributed by atoms with Gasteiger partial charge in [-0.2, -0.15) is 5.10 Å². The molecule has 5 unspecified atom stereocenters. The summed E-state index contributed by atoms with van der Waals surface area (Å²) >= 11 is 3.57. The van der Waals surface area contributed by atoms with Gasteiger partial charge in [0.05, 0.1) is 47.8 Å². The van der Waals surface area contributed by atoms with E-state index in [1.165, 1.54) is 0 Å². The molecule has 0 amide bonds. The number of hydrogen-bond donors (Lipinski definition) is 1. The Labute approximate surface area is 128 Å². The van der Waals surface area contributed by atoms with Crippen molar-refractivity contribution in [3.05, 3.63) is 16.4 Å². The molecular weight excluding hydrogens is 322 g/mol. The number of nitrogens with zero attached hydrogens (tertiary/aromatic N) is 2. The van der Waals surface area contributed by atoms with Crippen LogP contribution in [0.15, 0.2) is 10.7 Å². The lowest BCUT2D eigenvalue weighted by atomic mass is 9.82. The highest BCUT2D eigenvalue weighted by Crippen LogP contribution is 2.40. The highest BCUT2D eigenvalue weighted by atomic mass is 79.9. The molecule has 5 nitrogen and oxygen atoms in total. The molecule has 0 aliphatic carbocycles. The molecule has 1 fully saturated rings. The number of aromatic nitrogens is 2. The first-order valence-corrected chi connectivity index (χ1v) is 7.87. The Morgan fingerprint density at radius 2 is 2.15 bits per heavy atom. The van der Waals surface area contributed by atoms with Gasteiger partial charge in [-0.3, -0.25) is 4.68 Å². The van der Waals surface area contributed by atoms with Gasteiger partial charge in [0, 0.05) is 13.0 Å². The largest absolute Gasteiger partial charge is 0.383 e. The van der Waals surface area contributed by atoms with Crippen molar-refractivity contribution >= 4 is 15.9 Å². The summed E-state index contributed by atoms with van der Waals surface area (Å²) in [6.45, 7) is 7.76. The molecule has 1 aromatic rings. The van der Waals surface area contributed by atoms with E-state index in [0.29, 0.717) is 25.0 Å². The third-order valence-corrected chi connectivity index (χ3v) is 5.00. The maximum atomic E-state index is 6.55. The molecule has 0 radical (unpaired) electrons. The van der Waals surface area contributed by atoms with Crippen LogP contribution < -0.4 is 5.73 Å². The minimum absolute atomic E-state index is 0.0984. The van der Waals surface area contributed by atoms with E-state index in [-0.39, 0.29) is 18.2 Å². The van der Waals surface area contributed by atoms with E-state index < -0.39 is 0 Å². The van der Waals surface area contributed by atoms with Crippen molar-refractivity contribution in [3.63, 3.8) is 0 Å². The first-order valence-electron chi connectivity index (χ1n) is 7.08. The highest BCUT2D eigenvalue weighted by molar-refractivity contribution is 9.10. The van der Waals surface area contributed by atoms with Crippen LogP contribution in [0.3, 0.4) is 0 Å². The van der Waals surface area contributed by atoms with Gasteiger partial charge >= 0.3 is 0 Å². The van der Waals surface area contributed by atoms with Gasteiger partial charge in [0.2, 0.25) is 0 Å². The van der Waals surface area contributed by atoms with E-state index in [9.17, 15) is 0 Å². The molecule has 1 aliphatic rings. The number of rotatable bonds is 5. The summed E-state index contributed by atoms with van der Waals surface area (Å²) < 4.78 is 13.9. The average molecular weight is 346 g/mol. The Morgan fingerprint density at radius 1 is 1.45 bits per heavy atom. The molecule has 0 spiro atoms. The van der Waals surface area contributed by atoms with Crippen LogP contribution in [0.1, 0.15) is 32.5 Å². The van der Waals surface area contributed by atoms with Gasteiger partial charge in [0.15, 0.2) is 0 Å². The molecule has 114 valence electrons. The van der Waals surface area contributed by atoms with E-state index in [1.807, 2.05) is 4.68 Å². The number of halogens is 1. The molecule has 2 rings (SSSR count). The van der Waals surface area contributed by atoms with Crippen molar-refractivity contribution in [2.45, 2.75) is 45.6 Å². The van der Waals surface area contributed by atoms with Crippen molar-refractivity contribution in [2.75, 3.05) is 13.7 Å². The van der Waals surface area contributed by atoms with Gasteiger partial charge in [0.1, 0.15) is 0 Å². The number of methoxy groups -OCH3 is 1. The lowest BCUT2D eigenvalue weighted by Gasteiger charge is -2.26. The first-order chi connectivity index (χ1) is 9.47. The minimum atomic E-state index is -0.0984. The van der Waals surface area contributed by atoms with Gasteiger partial charge in [-0.25, -0.2) is 0 Å². The van der Waals surface area contributed by atoms with E-state index in [1.54, 1.807) is 13.3 Å². The zero-order valence-electron chi connectivity index (χ0n) is 12.5. The van der Waals surface area contributed by atoms with Crippen molar-refractivity contribution in [1.29, 1.82) is 0 Å². The molecule has 5 atom stereocenters. The topological polar surface area (TPSA) is 62.3 Å². The second kappa shape index (κ2) is 6.56. The molecule has 2 N–H and O–H groups in total. The molecule has 20 heavy (non-hydrogen) atoms. The lowest BCUT2D eigenvalue weighted by Crippen LogP contribution is -2.33. The molecule has 0 bridgehead atoms. The minimum Gasteiger partial charge on any atom is -0.383 e. The zero-order chi connectivity index (χ0) is 14.9. The summed E-state index contributed by atoms with van der Waals surface area (Å²) in [5, 5.41) is 4.38. The molecule has 6 heteroatoms. The summed E-state index contributed by atoms with van der Waals surface area (Å²) in [6.07, 6.45) is 2.21. The molecule has 1 aromatic heterocycles. The number of nitrogens with two attached hydrogens (primary N) is 1. The van der Waals surface area contributed by atoms with Crippen molar-refractivity contribution in [2.24, 2.45) is 17.6 Å². The second-order valence-corrected chi connectivity index (χ2v) is 6.46. The Hall–Kier alpha value is -0.430.